The first-order valence-electron chi connectivity index (χ1n) is 11.8. The summed E-state index contributed by atoms with van der Waals surface area (Å²) >= 11 is 1.71. The fourth-order valence-corrected chi connectivity index (χ4v) is 5.59. The van der Waals surface area contributed by atoms with Crippen molar-refractivity contribution in [3.05, 3.63) is 54.4 Å². The van der Waals surface area contributed by atoms with Crippen molar-refractivity contribution in [2.24, 2.45) is 0 Å². The van der Waals surface area contributed by atoms with E-state index in [9.17, 15) is 0 Å². The molecule has 0 amide bonds. The molecule has 0 radical (unpaired) electrons. The summed E-state index contributed by atoms with van der Waals surface area (Å²) in [4.78, 5) is 9.95. The van der Waals surface area contributed by atoms with E-state index in [0.717, 1.165) is 69.2 Å². The van der Waals surface area contributed by atoms with Crippen molar-refractivity contribution < 1.29 is 0 Å². The van der Waals surface area contributed by atoms with Crippen molar-refractivity contribution in [2.45, 2.75) is 19.9 Å². The van der Waals surface area contributed by atoms with Gasteiger partial charge in [-0.1, -0.05) is 36.5 Å². The average Bonchev–Trinajstić information content (AvgIpc) is 3.51. The molecule has 32 heavy (non-hydrogen) atoms. The normalized spacial score (nSPS) is 18.4. The molecule has 0 atom stereocenters. The first kappa shape index (κ1) is 21.4. The van der Waals surface area contributed by atoms with Crippen LogP contribution in [0.1, 0.15) is 19.0 Å². The lowest BCUT2D eigenvalue weighted by Gasteiger charge is -2.36. The van der Waals surface area contributed by atoms with Gasteiger partial charge in [0.2, 0.25) is 10.3 Å². The van der Waals surface area contributed by atoms with Crippen molar-refractivity contribution in [3.8, 4) is 5.13 Å². The Labute approximate surface area is 194 Å². The number of hydrogen-bond acceptors (Lipinski definition) is 7. The highest BCUT2D eigenvalue weighted by Crippen LogP contribution is 2.26. The lowest BCUT2D eigenvalue weighted by molar-refractivity contribution is 0.246. The molecule has 3 aromatic rings. The van der Waals surface area contributed by atoms with Crippen LogP contribution in [0.15, 0.2) is 48.7 Å². The van der Waals surface area contributed by atoms with Gasteiger partial charge in [-0.15, -0.1) is 10.2 Å². The number of benzene rings is 1. The Hall–Kier alpha value is -2.42. The molecule has 2 aliphatic rings. The fraction of sp³-hybridized carbons (Fsp3) is 0.500. The predicted molar refractivity (Wildman–Crippen MR) is 132 cm³/mol. The zero-order valence-electron chi connectivity index (χ0n) is 18.9. The Morgan fingerprint density at radius 2 is 1.44 bits per heavy atom. The second kappa shape index (κ2) is 10.0. The SMILES string of the molecule is CCCN1CCN(c2nnc(-n3cccc3CN3CCN(c4ccccc4)CC3)s2)CC1. The van der Waals surface area contributed by atoms with E-state index < -0.39 is 0 Å². The summed E-state index contributed by atoms with van der Waals surface area (Å²) in [6, 6.07) is 15.1. The maximum Gasteiger partial charge on any atom is 0.218 e. The van der Waals surface area contributed by atoms with Crippen LogP contribution in [0.4, 0.5) is 10.8 Å². The van der Waals surface area contributed by atoms with Crippen LogP contribution in [0.25, 0.3) is 5.13 Å². The summed E-state index contributed by atoms with van der Waals surface area (Å²) in [7, 11) is 0. The summed E-state index contributed by atoms with van der Waals surface area (Å²) in [5, 5.41) is 11.1. The summed E-state index contributed by atoms with van der Waals surface area (Å²) < 4.78 is 2.22. The lowest BCUT2D eigenvalue weighted by atomic mass is 10.2. The highest BCUT2D eigenvalue weighted by molar-refractivity contribution is 7.17. The smallest absolute Gasteiger partial charge is 0.218 e. The maximum absolute atomic E-state index is 4.54. The summed E-state index contributed by atoms with van der Waals surface area (Å²) in [5.74, 6) is 0. The van der Waals surface area contributed by atoms with E-state index in [1.807, 2.05) is 0 Å². The summed E-state index contributed by atoms with van der Waals surface area (Å²) in [6.07, 6.45) is 3.35. The Bertz CT molecular complexity index is 969. The molecule has 0 spiro atoms. The minimum Gasteiger partial charge on any atom is -0.369 e. The van der Waals surface area contributed by atoms with E-state index in [-0.39, 0.29) is 0 Å². The quantitative estimate of drug-likeness (QED) is 0.550. The van der Waals surface area contributed by atoms with Crippen LogP contribution in [0.5, 0.6) is 0 Å². The van der Waals surface area contributed by atoms with Crippen molar-refractivity contribution in [2.75, 3.05) is 68.7 Å². The molecule has 7 nitrogen and oxygen atoms in total. The third kappa shape index (κ3) is 4.82. The van der Waals surface area contributed by atoms with Gasteiger partial charge < -0.3 is 9.80 Å². The van der Waals surface area contributed by atoms with Crippen LogP contribution in [-0.2, 0) is 6.54 Å². The van der Waals surface area contributed by atoms with Crippen LogP contribution in [0.3, 0.4) is 0 Å². The third-order valence-electron chi connectivity index (χ3n) is 6.50. The number of piperazine rings is 2. The van der Waals surface area contributed by atoms with Gasteiger partial charge in [0, 0.05) is 76.5 Å². The molecule has 8 heteroatoms. The first-order chi connectivity index (χ1) is 15.8. The summed E-state index contributed by atoms with van der Waals surface area (Å²) in [6.45, 7) is 13.0. The van der Waals surface area contributed by atoms with Crippen molar-refractivity contribution in [3.63, 3.8) is 0 Å². The monoisotopic (exact) mass is 451 g/mol. The standard InChI is InChI=1S/C24H33N7S/c1-2-10-27-12-18-30(19-13-27)23-25-26-24(32-23)31-11-6-9-22(31)20-28-14-16-29(17-15-28)21-7-4-3-5-8-21/h3-9,11H,2,10,12-20H2,1H3. The van der Waals surface area contributed by atoms with Crippen LogP contribution in [0.2, 0.25) is 0 Å². The maximum atomic E-state index is 4.54. The molecule has 170 valence electrons. The minimum atomic E-state index is 0.945. The molecule has 2 aromatic heterocycles. The van der Waals surface area contributed by atoms with Gasteiger partial charge in [-0.05, 0) is 37.2 Å². The molecule has 0 unspecified atom stereocenters. The Balaban J connectivity index is 1.19. The number of aromatic nitrogens is 3. The minimum absolute atomic E-state index is 0.945. The van der Waals surface area contributed by atoms with Crippen LogP contribution < -0.4 is 9.80 Å². The topological polar surface area (TPSA) is 43.7 Å². The van der Waals surface area contributed by atoms with Gasteiger partial charge >= 0.3 is 0 Å². The molecule has 2 fully saturated rings. The van der Waals surface area contributed by atoms with Gasteiger partial charge in [0.1, 0.15) is 0 Å². The van der Waals surface area contributed by atoms with Crippen LogP contribution in [0, 0.1) is 0 Å². The molecule has 2 saturated heterocycles. The number of para-hydroxylation sites is 1. The second-order valence-corrected chi connectivity index (χ2v) is 9.60. The Morgan fingerprint density at radius 3 is 2.19 bits per heavy atom. The van der Waals surface area contributed by atoms with Gasteiger partial charge in [-0.25, -0.2) is 0 Å². The number of anilines is 2. The number of rotatable bonds is 7. The van der Waals surface area contributed by atoms with Gasteiger partial charge in [-0.2, -0.15) is 0 Å². The van der Waals surface area contributed by atoms with Gasteiger partial charge in [0.25, 0.3) is 0 Å². The van der Waals surface area contributed by atoms with Gasteiger partial charge in [-0.3, -0.25) is 14.4 Å². The zero-order chi connectivity index (χ0) is 21.8. The number of hydrogen-bond donors (Lipinski definition) is 0. The molecular weight excluding hydrogens is 418 g/mol. The van der Waals surface area contributed by atoms with E-state index in [2.05, 4.69) is 89.9 Å². The molecular formula is C24H33N7S. The Kier molecular flexibility index (Phi) is 6.71. The molecule has 5 rings (SSSR count). The molecule has 0 saturated carbocycles. The van der Waals surface area contributed by atoms with Crippen LogP contribution >= 0.6 is 11.3 Å². The average molecular weight is 452 g/mol. The predicted octanol–water partition coefficient (Wildman–Crippen LogP) is 3.18. The van der Waals surface area contributed by atoms with Gasteiger partial charge in [0.05, 0.1) is 0 Å². The lowest BCUT2D eigenvalue weighted by Crippen LogP contribution is -2.46. The summed E-state index contributed by atoms with van der Waals surface area (Å²) in [5.41, 5.74) is 2.61. The van der Waals surface area contributed by atoms with Crippen molar-refractivity contribution in [1.29, 1.82) is 0 Å². The Morgan fingerprint density at radius 1 is 0.750 bits per heavy atom. The van der Waals surface area contributed by atoms with E-state index >= 15 is 0 Å². The van der Waals surface area contributed by atoms with Crippen molar-refractivity contribution >= 4 is 22.2 Å². The second-order valence-electron chi connectivity index (χ2n) is 8.66. The third-order valence-corrected chi connectivity index (χ3v) is 7.49. The molecule has 0 bridgehead atoms. The highest BCUT2D eigenvalue weighted by atomic mass is 32.1. The van der Waals surface area contributed by atoms with Gasteiger partial charge in [0.15, 0.2) is 0 Å². The molecule has 1 aromatic carbocycles. The van der Waals surface area contributed by atoms with Crippen molar-refractivity contribution in [1.82, 2.24) is 24.6 Å². The zero-order valence-corrected chi connectivity index (χ0v) is 19.8. The molecule has 2 aliphatic heterocycles. The van der Waals surface area contributed by atoms with E-state index in [1.165, 1.54) is 24.3 Å². The molecule has 0 N–H and O–H groups in total. The fourth-order valence-electron chi connectivity index (χ4n) is 4.68. The molecule has 4 heterocycles. The largest absolute Gasteiger partial charge is 0.369 e. The van der Waals surface area contributed by atoms with Crippen LogP contribution in [-0.4, -0.2) is 83.5 Å². The first-order valence-corrected chi connectivity index (χ1v) is 12.6. The van der Waals surface area contributed by atoms with E-state index in [1.54, 1.807) is 11.3 Å². The van der Waals surface area contributed by atoms with E-state index in [0.29, 0.717) is 0 Å². The molecule has 0 aliphatic carbocycles. The number of nitrogens with zero attached hydrogens (tertiary/aromatic N) is 7. The van der Waals surface area contributed by atoms with E-state index in [4.69, 9.17) is 0 Å². The highest BCUT2D eigenvalue weighted by Gasteiger charge is 2.22.